The van der Waals surface area contributed by atoms with Crippen LogP contribution in [0.5, 0.6) is 0 Å². The molecule has 0 fully saturated rings. The van der Waals surface area contributed by atoms with Crippen molar-refractivity contribution in [3.05, 3.63) is 42.0 Å². The van der Waals surface area contributed by atoms with Gasteiger partial charge in [-0.25, -0.2) is 0 Å². The number of hydrogen-bond acceptors (Lipinski definition) is 0. The van der Waals surface area contributed by atoms with Crippen molar-refractivity contribution in [3.63, 3.8) is 0 Å². The summed E-state index contributed by atoms with van der Waals surface area (Å²) in [5.74, 6) is 0. The molecule has 0 saturated carbocycles. The second kappa shape index (κ2) is 8.24. The highest BCUT2D eigenvalue weighted by Gasteiger charge is 2.38. The third-order valence-corrected chi connectivity index (χ3v) is 12.9. The van der Waals surface area contributed by atoms with Gasteiger partial charge < -0.3 is 0 Å². The van der Waals surface area contributed by atoms with Crippen LogP contribution in [0, 0.1) is 0 Å². The minimum atomic E-state index is -0.328. The van der Waals surface area contributed by atoms with Gasteiger partial charge in [-0.15, -0.1) is 0 Å². The molecule has 0 nitrogen and oxygen atoms in total. The van der Waals surface area contributed by atoms with Gasteiger partial charge in [-0.3, -0.25) is 0 Å². The first-order chi connectivity index (χ1) is 12.9. The fraction of sp³-hybridized carbons (Fsp3) is 0.630. The first kappa shape index (κ1) is 24.8. The summed E-state index contributed by atoms with van der Waals surface area (Å²) in [6, 6.07) is 14.0. The van der Waals surface area contributed by atoms with E-state index in [1.54, 1.807) is 16.3 Å². The zero-order valence-electron chi connectivity index (χ0n) is 21.1. The summed E-state index contributed by atoms with van der Waals surface area (Å²) >= 11 is 0. The lowest BCUT2D eigenvalue weighted by Crippen LogP contribution is -2.31. The lowest BCUT2D eigenvalue weighted by Gasteiger charge is -2.44. The predicted molar refractivity (Wildman–Crippen MR) is 140 cm³/mol. The van der Waals surface area contributed by atoms with Gasteiger partial charge in [0, 0.05) is 0 Å². The Labute approximate surface area is 183 Å². The molecule has 2 rings (SSSR count). The summed E-state index contributed by atoms with van der Waals surface area (Å²) in [5, 5.41) is 5.78. The van der Waals surface area contributed by atoms with E-state index < -0.39 is 0 Å². The van der Waals surface area contributed by atoms with Crippen LogP contribution in [-0.4, -0.2) is 20.6 Å². The maximum Gasteiger partial charge on any atom is -0.00573 e. The van der Waals surface area contributed by atoms with Gasteiger partial charge in [0.2, 0.25) is 0 Å². The van der Waals surface area contributed by atoms with E-state index in [2.05, 4.69) is 119 Å². The Kier molecular flexibility index (Phi) is 7.06. The molecule has 0 aliphatic carbocycles. The van der Waals surface area contributed by atoms with E-state index in [4.69, 9.17) is 0 Å². The summed E-state index contributed by atoms with van der Waals surface area (Å²) in [6.07, 6.45) is 1.20. The van der Waals surface area contributed by atoms with Crippen LogP contribution < -0.4 is 5.30 Å². The van der Waals surface area contributed by atoms with Gasteiger partial charge in [0.25, 0.3) is 0 Å². The molecule has 0 heterocycles. The van der Waals surface area contributed by atoms with E-state index in [0.717, 1.165) is 0 Å². The Hall–Kier alpha value is -0.440. The van der Waals surface area contributed by atoms with Gasteiger partial charge in [0.05, 0.1) is 0 Å². The van der Waals surface area contributed by atoms with Crippen molar-refractivity contribution < 1.29 is 0 Å². The van der Waals surface area contributed by atoms with E-state index in [9.17, 15) is 0 Å². The van der Waals surface area contributed by atoms with E-state index in [1.165, 1.54) is 11.5 Å². The second-order valence-electron chi connectivity index (χ2n) is 12.4. The van der Waals surface area contributed by atoms with Crippen molar-refractivity contribution in [2.75, 3.05) is 0 Å². The van der Waals surface area contributed by atoms with E-state index in [-0.39, 0.29) is 26.2 Å². The number of benzene rings is 2. The first-order valence-electron chi connectivity index (χ1n) is 11.0. The molecule has 2 heteroatoms. The highest BCUT2D eigenvalue weighted by Crippen LogP contribution is 2.63. The third kappa shape index (κ3) is 5.83. The molecule has 29 heavy (non-hydrogen) atoms. The van der Waals surface area contributed by atoms with Gasteiger partial charge >= 0.3 is 0 Å². The van der Waals surface area contributed by atoms with Crippen LogP contribution in [0.15, 0.2) is 36.4 Å². The van der Waals surface area contributed by atoms with Crippen LogP contribution in [0.4, 0.5) is 0 Å². The zero-order valence-corrected chi connectivity index (χ0v) is 22.9. The van der Waals surface area contributed by atoms with Crippen molar-refractivity contribution in [1.82, 2.24) is 0 Å². The van der Waals surface area contributed by atoms with Crippen molar-refractivity contribution in [2.24, 2.45) is 0 Å². The van der Waals surface area contributed by atoms with Crippen molar-refractivity contribution in [3.8, 4) is 0 Å². The topological polar surface area (TPSA) is 0 Å². The van der Waals surface area contributed by atoms with Gasteiger partial charge in [-0.1, -0.05) is 135 Å². The molecule has 2 aromatic carbocycles. The Balaban J connectivity index is 2.77. The van der Waals surface area contributed by atoms with Crippen molar-refractivity contribution in [2.45, 2.75) is 110 Å². The van der Waals surface area contributed by atoms with Crippen LogP contribution in [0.2, 0.25) is 0 Å². The molecular weight excluding hydrogens is 386 g/mol. The summed E-state index contributed by atoms with van der Waals surface area (Å²) in [7, 11) is -0.501. The Morgan fingerprint density at radius 2 is 1.03 bits per heavy atom. The van der Waals surface area contributed by atoms with Crippen molar-refractivity contribution >= 4 is 31.9 Å². The average molecular weight is 431 g/mol. The Morgan fingerprint density at radius 1 is 0.586 bits per heavy atom. The molecule has 0 bridgehead atoms. The molecule has 0 aromatic heterocycles. The quantitative estimate of drug-likeness (QED) is 0.426. The van der Waals surface area contributed by atoms with Crippen LogP contribution in [0.3, 0.4) is 0 Å². The molecule has 0 amide bonds. The summed E-state index contributed by atoms with van der Waals surface area (Å²) < 4.78 is 0. The Bertz CT molecular complexity index is 803. The van der Waals surface area contributed by atoms with Crippen molar-refractivity contribution in [1.29, 1.82) is 0 Å². The van der Waals surface area contributed by atoms with Gasteiger partial charge in [-0.2, -0.15) is 0 Å². The maximum atomic E-state index is 2.44. The highest BCUT2D eigenvalue weighted by atomic mass is 31.1. The monoisotopic (exact) mass is 430 g/mol. The van der Waals surface area contributed by atoms with Crippen LogP contribution in [0.1, 0.15) is 88.6 Å². The lowest BCUT2D eigenvalue weighted by molar-refractivity contribution is 0.703. The SMILES string of the molecule is CC(C)(C)P(Cc1cccc2cccc(P(C(C)(C)C)C(C)(C)C)c12)C(C)(C)C. The smallest absolute Gasteiger partial charge is 0.00573 e. The fourth-order valence-corrected chi connectivity index (χ4v) is 12.9. The van der Waals surface area contributed by atoms with E-state index in [0.29, 0.717) is 10.3 Å². The summed E-state index contributed by atoms with van der Waals surface area (Å²) in [5.41, 5.74) is 1.56. The first-order valence-corrected chi connectivity index (χ1v) is 13.9. The minimum absolute atomic E-state index is 0.173. The zero-order chi connectivity index (χ0) is 22.4. The standard InChI is InChI=1S/C27H44P2/c1-24(2,3)28(25(4,5)6)19-21-17-13-15-20-16-14-18-22(23(20)21)29(26(7,8)9)27(10,11)12/h13-18H,19H2,1-12H3. The molecule has 2 aromatic rings. The molecule has 0 aliphatic heterocycles. The molecule has 0 spiro atoms. The molecule has 0 unspecified atom stereocenters. The van der Waals surface area contributed by atoms with Crippen LogP contribution in [-0.2, 0) is 6.16 Å². The average Bonchev–Trinajstić information content (AvgIpc) is 2.47. The second-order valence-corrected chi connectivity index (χ2v) is 20.1. The van der Waals surface area contributed by atoms with Gasteiger partial charge in [0.1, 0.15) is 0 Å². The normalized spacial score (nSPS) is 14.3. The molecular formula is C27H44P2. The molecule has 0 N–H and O–H groups in total. The van der Waals surface area contributed by atoms with E-state index >= 15 is 0 Å². The third-order valence-electron chi connectivity index (χ3n) is 5.50. The van der Waals surface area contributed by atoms with Gasteiger partial charge in [0.15, 0.2) is 0 Å². The molecule has 0 aliphatic rings. The summed E-state index contributed by atoms with van der Waals surface area (Å²) in [6.45, 7) is 29.2. The summed E-state index contributed by atoms with van der Waals surface area (Å²) in [4.78, 5) is 0. The lowest BCUT2D eigenvalue weighted by atomic mass is 10.1. The minimum Gasteiger partial charge on any atom is -0.0911 e. The fourth-order valence-electron chi connectivity index (χ4n) is 5.10. The van der Waals surface area contributed by atoms with Gasteiger partial charge in [-0.05, 0) is 48.4 Å². The number of hydrogen-bond donors (Lipinski definition) is 0. The predicted octanol–water partition coefficient (Wildman–Crippen LogP) is 9.12. The van der Waals surface area contributed by atoms with E-state index in [1.807, 2.05) is 0 Å². The molecule has 0 atom stereocenters. The number of rotatable bonds is 3. The Morgan fingerprint density at radius 3 is 1.45 bits per heavy atom. The molecule has 0 radical (unpaired) electrons. The van der Waals surface area contributed by atoms with Crippen LogP contribution in [0.25, 0.3) is 10.8 Å². The molecule has 0 saturated heterocycles. The largest absolute Gasteiger partial charge is 0.0911 e. The maximum absolute atomic E-state index is 2.44. The highest BCUT2D eigenvalue weighted by molar-refractivity contribution is 7.69. The van der Waals surface area contributed by atoms with Crippen LogP contribution >= 0.6 is 15.8 Å². The molecule has 162 valence electrons. The number of fused-ring (bicyclic) bond motifs is 1.